The van der Waals surface area contributed by atoms with Crippen molar-refractivity contribution in [2.24, 2.45) is 5.41 Å². The summed E-state index contributed by atoms with van der Waals surface area (Å²) in [5.74, 6) is 0.00554. The Morgan fingerprint density at radius 1 is 1.38 bits per heavy atom. The molecule has 0 bridgehead atoms. The SMILES string of the molecule is CN(C(=O)CN1CC2(CNC2)C1)c1ccc([N+](=O)[O-])cc1. The van der Waals surface area contributed by atoms with Crippen molar-refractivity contribution in [3.63, 3.8) is 0 Å². The van der Waals surface area contributed by atoms with Crippen LogP contribution in [0.4, 0.5) is 11.4 Å². The number of anilines is 1. The van der Waals surface area contributed by atoms with E-state index in [1.165, 1.54) is 12.1 Å². The molecular formula is C14H18N4O3. The molecular weight excluding hydrogens is 272 g/mol. The fourth-order valence-corrected chi connectivity index (χ4v) is 2.96. The van der Waals surface area contributed by atoms with Crippen LogP contribution in [0, 0.1) is 15.5 Å². The Hall–Kier alpha value is -1.99. The minimum absolute atomic E-state index is 0.00554. The molecule has 0 aliphatic carbocycles. The van der Waals surface area contributed by atoms with Gasteiger partial charge in [-0.15, -0.1) is 0 Å². The predicted molar refractivity (Wildman–Crippen MR) is 78.2 cm³/mol. The zero-order chi connectivity index (χ0) is 15.0. The van der Waals surface area contributed by atoms with Crippen LogP contribution in [0.15, 0.2) is 24.3 Å². The number of carbonyl (C=O) groups excluding carboxylic acids is 1. The van der Waals surface area contributed by atoms with Crippen LogP contribution in [0.5, 0.6) is 0 Å². The van der Waals surface area contributed by atoms with Gasteiger partial charge in [-0.2, -0.15) is 0 Å². The zero-order valence-electron chi connectivity index (χ0n) is 11.9. The number of nitrogens with zero attached hydrogens (tertiary/aromatic N) is 3. The molecule has 2 saturated heterocycles. The predicted octanol–water partition coefficient (Wildman–Crippen LogP) is 0.463. The smallest absolute Gasteiger partial charge is 0.269 e. The molecule has 1 aromatic rings. The lowest BCUT2D eigenvalue weighted by atomic mass is 9.74. The van der Waals surface area contributed by atoms with Gasteiger partial charge >= 0.3 is 0 Å². The largest absolute Gasteiger partial charge is 0.315 e. The fraction of sp³-hybridized carbons (Fsp3) is 0.500. The molecule has 2 aliphatic heterocycles. The lowest BCUT2D eigenvalue weighted by molar-refractivity contribution is -0.384. The maximum Gasteiger partial charge on any atom is 0.269 e. The summed E-state index contributed by atoms with van der Waals surface area (Å²) in [6.45, 7) is 4.45. The Morgan fingerprint density at radius 3 is 2.48 bits per heavy atom. The molecule has 1 aromatic carbocycles. The maximum absolute atomic E-state index is 12.2. The van der Waals surface area contributed by atoms with Gasteiger partial charge < -0.3 is 10.2 Å². The van der Waals surface area contributed by atoms with Gasteiger partial charge in [0, 0.05) is 56.5 Å². The van der Waals surface area contributed by atoms with Crippen molar-refractivity contribution >= 4 is 17.3 Å². The van der Waals surface area contributed by atoms with Crippen LogP contribution >= 0.6 is 0 Å². The number of carbonyl (C=O) groups is 1. The zero-order valence-corrected chi connectivity index (χ0v) is 11.9. The highest BCUT2D eigenvalue weighted by Gasteiger charge is 2.47. The number of hydrogen-bond acceptors (Lipinski definition) is 5. The molecule has 112 valence electrons. The number of nitro benzene ring substituents is 1. The van der Waals surface area contributed by atoms with Crippen molar-refractivity contribution in [3.05, 3.63) is 34.4 Å². The highest BCUT2D eigenvalue weighted by Crippen LogP contribution is 2.33. The van der Waals surface area contributed by atoms with Crippen LogP contribution in [0.1, 0.15) is 0 Å². The van der Waals surface area contributed by atoms with Crippen molar-refractivity contribution in [2.45, 2.75) is 0 Å². The second-order valence-electron chi connectivity index (χ2n) is 5.97. The molecule has 3 rings (SSSR count). The van der Waals surface area contributed by atoms with E-state index in [1.807, 2.05) is 0 Å². The van der Waals surface area contributed by atoms with E-state index in [0.717, 1.165) is 26.2 Å². The topological polar surface area (TPSA) is 78.7 Å². The van der Waals surface area contributed by atoms with E-state index in [9.17, 15) is 14.9 Å². The Labute approximate surface area is 122 Å². The first-order chi connectivity index (χ1) is 9.99. The minimum Gasteiger partial charge on any atom is -0.315 e. The van der Waals surface area contributed by atoms with Crippen LogP contribution < -0.4 is 10.2 Å². The summed E-state index contributed by atoms with van der Waals surface area (Å²) in [5, 5.41) is 13.9. The molecule has 7 heteroatoms. The van der Waals surface area contributed by atoms with Crippen LogP contribution in [0.2, 0.25) is 0 Å². The number of likely N-dealkylation sites (N-methyl/N-ethyl adjacent to an activating group) is 1. The second-order valence-corrected chi connectivity index (χ2v) is 5.97. The molecule has 0 atom stereocenters. The van der Waals surface area contributed by atoms with Crippen molar-refractivity contribution in [1.29, 1.82) is 0 Å². The number of non-ortho nitro benzene ring substituents is 1. The Balaban J connectivity index is 1.55. The van der Waals surface area contributed by atoms with Gasteiger partial charge in [-0.3, -0.25) is 19.8 Å². The number of amides is 1. The van der Waals surface area contributed by atoms with Gasteiger partial charge in [0.1, 0.15) is 0 Å². The highest BCUT2D eigenvalue weighted by molar-refractivity contribution is 5.94. The van der Waals surface area contributed by atoms with Crippen molar-refractivity contribution in [3.8, 4) is 0 Å². The van der Waals surface area contributed by atoms with E-state index < -0.39 is 4.92 Å². The van der Waals surface area contributed by atoms with Crippen LogP contribution in [0.25, 0.3) is 0 Å². The van der Waals surface area contributed by atoms with E-state index in [0.29, 0.717) is 17.6 Å². The van der Waals surface area contributed by atoms with Gasteiger partial charge in [0.25, 0.3) is 5.69 Å². The number of rotatable bonds is 4. The molecule has 0 radical (unpaired) electrons. The van der Waals surface area contributed by atoms with Gasteiger partial charge in [0.2, 0.25) is 5.91 Å². The molecule has 2 aliphatic rings. The van der Waals surface area contributed by atoms with Gasteiger partial charge in [0.15, 0.2) is 0 Å². The highest BCUT2D eigenvalue weighted by atomic mass is 16.6. The Bertz CT molecular complexity index is 560. The molecule has 0 aromatic heterocycles. The number of benzene rings is 1. The number of nitrogens with one attached hydrogen (secondary N) is 1. The Morgan fingerprint density at radius 2 is 2.00 bits per heavy atom. The first-order valence-corrected chi connectivity index (χ1v) is 6.93. The summed E-state index contributed by atoms with van der Waals surface area (Å²) in [6.07, 6.45) is 0. The normalized spacial score (nSPS) is 19.7. The third kappa shape index (κ3) is 2.62. The molecule has 0 saturated carbocycles. The number of likely N-dealkylation sites (tertiary alicyclic amines) is 1. The van der Waals surface area contributed by atoms with Crippen molar-refractivity contribution < 1.29 is 9.72 Å². The van der Waals surface area contributed by atoms with Gasteiger partial charge in [0.05, 0.1) is 11.5 Å². The lowest BCUT2D eigenvalue weighted by Gasteiger charge is -2.56. The molecule has 21 heavy (non-hydrogen) atoms. The average Bonchev–Trinajstić information content (AvgIpc) is 2.39. The summed E-state index contributed by atoms with van der Waals surface area (Å²) in [7, 11) is 1.70. The monoisotopic (exact) mass is 290 g/mol. The summed E-state index contributed by atoms with van der Waals surface area (Å²) in [4.78, 5) is 26.1. The molecule has 2 fully saturated rings. The molecule has 0 unspecified atom stereocenters. The molecule has 7 nitrogen and oxygen atoms in total. The third-order valence-corrected chi connectivity index (χ3v) is 4.30. The van der Waals surface area contributed by atoms with Crippen molar-refractivity contribution in [1.82, 2.24) is 10.2 Å². The van der Waals surface area contributed by atoms with Crippen LogP contribution in [-0.4, -0.2) is 55.5 Å². The second kappa shape index (κ2) is 5.09. The summed E-state index contributed by atoms with van der Waals surface area (Å²) < 4.78 is 0. The molecule has 2 heterocycles. The number of nitro groups is 1. The fourth-order valence-electron chi connectivity index (χ4n) is 2.96. The van der Waals surface area contributed by atoms with E-state index >= 15 is 0 Å². The Kier molecular flexibility index (Phi) is 3.38. The van der Waals surface area contributed by atoms with E-state index in [4.69, 9.17) is 0 Å². The van der Waals surface area contributed by atoms with Gasteiger partial charge in [-0.25, -0.2) is 0 Å². The standard InChI is InChI=1S/C14H18N4O3/c1-16(11-2-4-12(5-3-11)18(20)21)13(19)6-17-9-14(10-17)7-15-8-14/h2-5,15H,6-10H2,1H3. The average molecular weight is 290 g/mol. The molecule has 1 N–H and O–H groups in total. The van der Waals surface area contributed by atoms with Gasteiger partial charge in [-0.1, -0.05) is 0 Å². The van der Waals surface area contributed by atoms with E-state index in [-0.39, 0.29) is 11.6 Å². The van der Waals surface area contributed by atoms with E-state index in [1.54, 1.807) is 24.1 Å². The van der Waals surface area contributed by atoms with Gasteiger partial charge in [-0.05, 0) is 12.1 Å². The van der Waals surface area contributed by atoms with Crippen LogP contribution in [0.3, 0.4) is 0 Å². The first-order valence-electron chi connectivity index (χ1n) is 6.93. The quantitative estimate of drug-likeness (QED) is 0.644. The third-order valence-electron chi connectivity index (χ3n) is 4.30. The molecule has 1 amide bonds. The minimum atomic E-state index is -0.447. The summed E-state index contributed by atoms with van der Waals surface area (Å²) >= 11 is 0. The van der Waals surface area contributed by atoms with Crippen LogP contribution in [-0.2, 0) is 4.79 Å². The summed E-state index contributed by atoms with van der Waals surface area (Å²) in [6, 6.07) is 6.03. The number of hydrogen-bond donors (Lipinski definition) is 1. The van der Waals surface area contributed by atoms with Crippen molar-refractivity contribution in [2.75, 3.05) is 44.7 Å². The summed E-state index contributed by atoms with van der Waals surface area (Å²) in [5.41, 5.74) is 1.11. The lowest BCUT2D eigenvalue weighted by Crippen LogP contribution is -2.71. The molecule has 1 spiro atoms. The van der Waals surface area contributed by atoms with E-state index in [2.05, 4.69) is 10.2 Å². The maximum atomic E-state index is 12.2. The first kappa shape index (κ1) is 14.0.